The molecule has 0 amide bonds. The molecule has 0 saturated heterocycles. The summed E-state index contributed by atoms with van der Waals surface area (Å²) in [6.45, 7) is 4.01. The lowest BCUT2D eigenvalue weighted by molar-refractivity contribution is -0.161. The van der Waals surface area contributed by atoms with E-state index in [0.717, 1.165) is 83.5 Å². The van der Waals surface area contributed by atoms with Crippen LogP contribution in [0.2, 0.25) is 0 Å². The standard InChI is InChI=1S/C55H96O5/c1-3-5-7-9-11-13-15-17-19-21-22-23-24-25-26-27-28-29-30-31-32-34-35-37-39-41-43-45-47-49-54(57)59-52-53(51-56)60-55(58)50-48-46-44-42-40-38-36-33-20-18-16-14-12-10-8-6-4-2/h6,8,12,14-15,17-18,20-22,36,38,53,56H,3-5,7,9-11,13,16,19,23-35,37,39-52H2,1-2H3/b8-6-,14-12-,17-15-,20-18-,22-21-,38-36-. The number of unbranched alkanes of at least 4 members (excludes halogenated alkanes) is 26. The van der Waals surface area contributed by atoms with E-state index in [0.29, 0.717) is 12.8 Å². The molecule has 0 aromatic rings. The Bertz CT molecular complexity index is 1080. The van der Waals surface area contributed by atoms with Gasteiger partial charge >= 0.3 is 11.9 Å². The van der Waals surface area contributed by atoms with Crippen molar-refractivity contribution in [1.29, 1.82) is 0 Å². The smallest absolute Gasteiger partial charge is 0.306 e. The molecule has 0 radical (unpaired) electrons. The van der Waals surface area contributed by atoms with Crippen molar-refractivity contribution >= 4 is 11.9 Å². The Morgan fingerprint density at radius 1 is 0.400 bits per heavy atom. The van der Waals surface area contributed by atoms with E-state index < -0.39 is 6.10 Å². The van der Waals surface area contributed by atoms with Gasteiger partial charge in [0.1, 0.15) is 6.61 Å². The Hall–Kier alpha value is -2.66. The van der Waals surface area contributed by atoms with Crippen LogP contribution in [-0.2, 0) is 19.1 Å². The van der Waals surface area contributed by atoms with Gasteiger partial charge in [0.05, 0.1) is 6.61 Å². The lowest BCUT2D eigenvalue weighted by Crippen LogP contribution is -2.28. The monoisotopic (exact) mass is 837 g/mol. The minimum atomic E-state index is -0.787. The number of esters is 2. The van der Waals surface area contributed by atoms with Crippen LogP contribution in [0.4, 0.5) is 0 Å². The number of rotatable bonds is 46. The Labute approximate surface area is 372 Å². The molecule has 0 bridgehead atoms. The maximum atomic E-state index is 12.2. The van der Waals surface area contributed by atoms with Crippen LogP contribution < -0.4 is 0 Å². The van der Waals surface area contributed by atoms with Gasteiger partial charge in [-0.05, 0) is 83.5 Å². The van der Waals surface area contributed by atoms with Gasteiger partial charge in [-0.3, -0.25) is 9.59 Å². The summed E-state index contributed by atoms with van der Waals surface area (Å²) in [7, 11) is 0. The van der Waals surface area contributed by atoms with Crippen molar-refractivity contribution in [3.8, 4) is 0 Å². The lowest BCUT2D eigenvalue weighted by Gasteiger charge is -2.15. The molecule has 1 N–H and O–H groups in total. The van der Waals surface area contributed by atoms with E-state index in [9.17, 15) is 14.7 Å². The summed E-state index contributed by atoms with van der Waals surface area (Å²) < 4.78 is 10.7. The van der Waals surface area contributed by atoms with Crippen molar-refractivity contribution in [1.82, 2.24) is 0 Å². The number of hydrogen-bond acceptors (Lipinski definition) is 5. The number of carbonyl (C=O) groups is 2. The molecule has 60 heavy (non-hydrogen) atoms. The molecule has 346 valence electrons. The minimum Gasteiger partial charge on any atom is -0.462 e. The summed E-state index contributed by atoms with van der Waals surface area (Å²) in [5.74, 6) is -0.615. The van der Waals surface area contributed by atoms with Gasteiger partial charge in [0.25, 0.3) is 0 Å². The molecule has 0 saturated carbocycles. The first-order chi connectivity index (χ1) is 29.6. The molecule has 0 fully saturated rings. The number of ether oxygens (including phenoxy) is 2. The van der Waals surface area contributed by atoms with E-state index >= 15 is 0 Å². The van der Waals surface area contributed by atoms with Crippen LogP contribution in [0, 0.1) is 0 Å². The van der Waals surface area contributed by atoms with Gasteiger partial charge in [-0.1, -0.05) is 222 Å². The number of hydrogen-bond donors (Lipinski definition) is 1. The highest BCUT2D eigenvalue weighted by atomic mass is 16.6. The van der Waals surface area contributed by atoms with E-state index in [-0.39, 0.29) is 25.2 Å². The normalized spacial score (nSPS) is 12.8. The number of aliphatic hydroxyl groups excluding tert-OH is 1. The van der Waals surface area contributed by atoms with Gasteiger partial charge in [0.2, 0.25) is 0 Å². The van der Waals surface area contributed by atoms with Crippen molar-refractivity contribution < 1.29 is 24.2 Å². The van der Waals surface area contributed by atoms with E-state index in [1.807, 2.05) is 0 Å². The highest BCUT2D eigenvalue weighted by Gasteiger charge is 2.16. The zero-order valence-electron chi connectivity index (χ0n) is 39.5. The van der Waals surface area contributed by atoms with Crippen molar-refractivity contribution in [2.75, 3.05) is 13.2 Å². The molecule has 0 aliphatic carbocycles. The van der Waals surface area contributed by atoms with Crippen LogP contribution in [0.15, 0.2) is 72.9 Å². The number of carbonyl (C=O) groups excluding carboxylic acids is 2. The topological polar surface area (TPSA) is 72.8 Å². The fourth-order valence-corrected chi connectivity index (χ4v) is 7.17. The predicted molar refractivity (Wildman–Crippen MR) is 260 cm³/mol. The molecule has 0 heterocycles. The molecule has 0 rings (SSSR count). The van der Waals surface area contributed by atoms with Crippen molar-refractivity contribution in [3.63, 3.8) is 0 Å². The first-order valence-electron chi connectivity index (χ1n) is 25.5. The van der Waals surface area contributed by atoms with Crippen LogP contribution in [0.1, 0.15) is 245 Å². The third-order valence-electron chi connectivity index (χ3n) is 11.0. The molecule has 0 aromatic carbocycles. The molecule has 5 nitrogen and oxygen atoms in total. The molecular formula is C55H96O5. The zero-order valence-corrected chi connectivity index (χ0v) is 39.5. The summed E-state index contributed by atoms with van der Waals surface area (Å²) in [5.41, 5.74) is 0. The second-order valence-electron chi connectivity index (χ2n) is 16.9. The minimum absolute atomic E-state index is 0.0771. The van der Waals surface area contributed by atoms with Crippen molar-refractivity contribution in [3.05, 3.63) is 72.9 Å². The van der Waals surface area contributed by atoms with Gasteiger partial charge in [-0.25, -0.2) is 0 Å². The van der Waals surface area contributed by atoms with Gasteiger partial charge in [-0.15, -0.1) is 0 Å². The van der Waals surface area contributed by atoms with E-state index in [1.165, 1.54) is 135 Å². The Balaban J connectivity index is 3.49. The van der Waals surface area contributed by atoms with Crippen LogP contribution in [0.5, 0.6) is 0 Å². The highest BCUT2D eigenvalue weighted by molar-refractivity contribution is 5.70. The molecule has 0 aliphatic rings. The van der Waals surface area contributed by atoms with E-state index in [2.05, 4.69) is 86.8 Å². The van der Waals surface area contributed by atoms with Gasteiger partial charge in [0.15, 0.2) is 6.10 Å². The second-order valence-corrected chi connectivity index (χ2v) is 16.9. The van der Waals surface area contributed by atoms with E-state index in [4.69, 9.17) is 9.47 Å². The Morgan fingerprint density at radius 3 is 1.08 bits per heavy atom. The summed E-state index contributed by atoms with van der Waals surface area (Å²) in [4.78, 5) is 24.4. The molecule has 0 aliphatic heterocycles. The van der Waals surface area contributed by atoms with Crippen LogP contribution in [-0.4, -0.2) is 36.4 Å². The SMILES string of the molecule is CC/C=C\C/C=C\C/C=C\C/C=C\CCCCCCC(=O)OC(CO)COC(=O)CCCCCCCCCCCCCCCCCCC/C=C\C/C=C\CCCCCCC. The summed E-state index contributed by atoms with van der Waals surface area (Å²) >= 11 is 0. The fraction of sp³-hybridized carbons (Fsp3) is 0.745. The molecule has 1 atom stereocenters. The lowest BCUT2D eigenvalue weighted by atomic mass is 10.0. The number of aliphatic hydroxyl groups is 1. The molecule has 1 unspecified atom stereocenters. The Morgan fingerprint density at radius 2 is 0.717 bits per heavy atom. The molecular weight excluding hydrogens is 741 g/mol. The maximum Gasteiger partial charge on any atom is 0.306 e. The van der Waals surface area contributed by atoms with E-state index in [1.54, 1.807) is 0 Å². The van der Waals surface area contributed by atoms with Gasteiger partial charge < -0.3 is 14.6 Å². The zero-order chi connectivity index (χ0) is 43.5. The predicted octanol–water partition coefficient (Wildman–Crippen LogP) is 16.9. The van der Waals surface area contributed by atoms with Crippen molar-refractivity contribution in [2.24, 2.45) is 0 Å². The van der Waals surface area contributed by atoms with Crippen LogP contribution >= 0.6 is 0 Å². The first-order valence-corrected chi connectivity index (χ1v) is 25.5. The van der Waals surface area contributed by atoms with Gasteiger partial charge in [-0.2, -0.15) is 0 Å². The Kier molecular flexibility index (Phi) is 48.4. The number of allylic oxidation sites excluding steroid dienone is 12. The third-order valence-corrected chi connectivity index (χ3v) is 11.0. The second kappa shape index (κ2) is 50.7. The summed E-state index contributed by atoms with van der Waals surface area (Å²) in [6, 6.07) is 0. The van der Waals surface area contributed by atoms with Crippen LogP contribution in [0.3, 0.4) is 0 Å². The molecule has 0 aromatic heterocycles. The largest absolute Gasteiger partial charge is 0.462 e. The average Bonchev–Trinajstić information content (AvgIpc) is 3.25. The quantitative estimate of drug-likeness (QED) is 0.0376. The molecule has 5 heteroatoms. The van der Waals surface area contributed by atoms with Crippen LogP contribution in [0.25, 0.3) is 0 Å². The average molecular weight is 837 g/mol. The summed E-state index contributed by atoms with van der Waals surface area (Å²) in [5, 5.41) is 9.61. The third kappa shape index (κ3) is 48.0. The highest BCUT2D eigenvalue weighted by Crippen LogP contribution is 2.15. The fourth-order valence-electron chi connectivity index (χ4n) is 7.17. The van der Waals surface area contributed by atoms with Gasteiger partial charge in [0, 0.05) is 12.8 Å². The molecule has 0 spiro atoms. The summed E-state index contributed by atoms with van der Waals surface area (Å²) in [6.07, 6.45) is 68.6. The first kappa shape index (κ1) is 57.3. The maximum absolute atomic E-state index is 12.2. The van der Waals surface area contributed by atoms with Crippen molar-refractivity contribution in [2.45, 2.75) is 251 Å².